The first kappa shape index (κ1) is 9.44. The van der Waals surface area contributed by atoms with Crippen molar-refractivity contribution in [2.45, 2.75) is 37.8 Å². The van der Waals surface area contributed by atoms with Gasteiger partial charge in [-0.05, 0) is 32.2 Å². The number of hydrogen-bond donors (Lipinski definition) is 2. The predicted molar refractivity (Wildman–Crippen MR) is 52.7 cm³/mol. The number of hydrogen-bond acceptors (Lipinski definition) is 3. The Morgan fingerprint density at radius 3 is 2.54 bits per heavy atom. The summed E-state index contributed by atoms with van der Waals surface area (Å²) in [6.07, 6.45) is 4.55. The molecule has 2 saturated heterocycles. The maximum absolute atomic E-state index is 9.38. The lowest BCUT2D eigenvalue weighted by Gasteiger charge is -2.38. The van der Waals surface area contributed by atoms with Gasteiger partial charge in [-0.1, -0.05) is 0 Å². The molecular weight excluding hydrogens is 164 g/mol. The molecule has 2 aliphatic heterocycles. The van der Waals surface area contributed by atoms with Gasteiger partial charge in [-0.15, -0.1) is 0 Å². The van der Waals surface area contributed by atoms with Crippen molar-refractivity contribution in [2.24, 2.45) is 0 Å². The van der Waals surface area contributed by atoms with Crippen LogP contribution in [0.25, 0.3) is 0 Å². The van der Waals surface area contributed by atoms with Gasteiger partial charge in [0.1, 0.15) is 0 Å². The Morgan fingerprint density at radius 2 is 1.92 bits per heavy atom. The van der Waals surface area contributed by atoms with Gasteiger partial charge in [-0.2, -0.15) is 0 Å². The number of aliphatic hydroxyl groups is 1. The molecule has 2 N–H and O–H groups in total. The SMILES string of the molecule is OC1CCN([C@H]2CCCNC2)CC1. The van der Waals surface area contributed by atoms with E-state index in [9.17, 15) is 5.11 Å². The third-order valence-electron chi connectivity index (χ3n) is 3.29. The van der Waals surface area contributed by atoms with Crippen LogP contribution in [0.3, 0.4) is 0 Å². The molecule has 0 radical (unpaired) electrons. The van der Waals surface area contributed by atoms with E-state index in [1.165, 1.54) is 19.4 Å². The molecule has 0 bridgehead atoms. The number of aliphatic hydroxyl groups excluding tert-OH is 1. The van der Waals surface area contributed by atoms with Crippen LogP contribution in [0.2, 0.25) is 0 Å². The summed E-state index contributed by atoms with van der Waals surface area (Å²) in [6, 6.07) is 0.737. The van der Waals surface area contributed by atoms with Gasteiger partial charge in [-0.25, -0.2) is 0 Å². The van der Waals surface area contributed by atoms with Crippen molar-refractivity contribution in [3.8, 4) is 0 Å². The van der Waals surface area contributed by atoms with E-state index < -0.39 is 0 Å². The van der Waals surface area contributed by atoms with Crippen LogP contribution in [0.4, 0.5) is 0 Å². The lowest BCUT2D eigenvalue weighted by molar-refractivity contribution is 0.0541. The highest BCUT2D eigenvalue weighted by molar-refractivity contribution is 4.82. The highest BCUT2D eigenvalue weighted by atomic mass is 16.3. The van der Waals surface area contributed by atoms with Crippen molar-refractivity contribution >= 4 is 0 Å². The molecule has 0 aromatic heterocycles. The Labute approximate surface area is 80.1 Å². The number of rotatable bonds is 1. The van der Waals surface area contributed by atoms with Gasteiger partial charge < -0.3 is 10.4 Å². The van der Waals surface area contributed by atoms with Crippen LogP contribution in [-0.2, 0) is 0 Å². The summed E-state index contributed by atoms with van der Waals surface area (Å²) in [5.41, 5.74) is 0. The fraction of sp³-hybridized carbons (Fsp3) is 1.00. The molecule has 2 aliphatic rings. The molecule has 0 saturated carbocycles. The van der Waals surface area contributed by atoms with Crippen molar-refractivity contribution in [3.05, 3.63) is 0 Å². The Morgan fingerprint density at radius 1 is 1.15 bits per heavy atom. The average Bonchev–Trinajstić information content (AvgIpc) is 2.20. The van der Waals surface area contributed by atoms with E-state index in [2.05, 4.69) is 10.2 Å². The fourth-order valence-electron chi connectivity index (χ4n) is 2.40. The van der Waals surface area contributed by atoms with Crippen molar-refractivity contribution in [2.75, 3.05) is 26.2 Å². The first-order chi connectivity index (χ1) is 6.36. The molecular formula is C10H20N2O. The van der Waals surface area contributed by atoms with E-state index in [1.807, 2.05) is 0 Å². The van der Waals surface area contributed by atoms with E-state index in [0.29, 0.717) is 0 Å². The van der Waals surface area contributed by atoms with Gasteiger partial charge in [0.05, 0.1) is 6.10 Å². The average molecular weight is 184 g/mol. The van der Waals surface area contributed by atoms with E-state index in [4.69, 9.17) is 0 Å². The molecule has 13 heavy (non-hydrogen) atoms. The van der Waals surface area contributed by atoms with Gasteiger partial charge in [0.25, 0.3) is 0 Å². The Kier molecular flexibility index (Phi) is 3.19. The summed E-state index contributed by atoms with van der Waals surface area (Å²) < 4.78 is 0. The van der Waals surface area contributed by atoms with Gasteiger partial charge >= 0.3 is 0 Å². The molecule has 0 aromatic carbocycles. The molecule has 3 nitrogen and oxygen atoms in total. The molecule has 0 aliphatic carbocycles. The van der Waals surface area contributed by atoms with Crippen LogP contribution < -0.4 is 5.32 Å². The quantitative estimate of drug-likeness (QED) is 0.611. The largest absolute Gasteiger partial charge is 0.393 e. The van der Waals surface area contributed by atoms with Crippen LogP contribution >= 0.6 is 0 Å². The number of piperidine rings is 2. The molecule has 2 fully saturated rings. The lowest BCUT2D eigenvalue weighted by Crippen LogP contribution is -2.49. The Balaban J connectivity index is 1.79. The number of nitrogens with zero attached hydrogens (tertiary/aromatic N) is 1. The topological polar surface area (TPSA) is 35.5 Å². The monoisotopic (exact) mass is 184 g/mol. The van der Waals surface area contributed by atoms with E-state index >= 15 is 0 Å². The second kappa shape index (κ2) is 4.40. The summed E-state index contributed by atoms with van der Waals surface area (Å²) in [4.78, 5) is 2.54. The molecule has 3 heteroatoms. The van der Waals surface area contributed by atoms with Gasteiger partial charge in [0, 0.05) is 25.7 Å². The van der Waals surface area contributed by atoms with Crippen LogP contribution in [0.1, 0.15) is 25.7 Å². The van der Waals surface area contributed by atoms with E-state index in [0.717, 1.165) is 38.5 Å². The van der Waals surface area contributed by atoms with Crippen molar-refractivity contribution in [3.63, 3.8) is 0 Å². The molecule has 76 valence electrons. The van der Waals surface area contributed by atoms with Gasteiger partial charge in [0.2, 0.25) is 0 Å². The zero-order valence-electron chi connectivity index (χ0n) is 8.21. The van der Waals surface area contributed by atoms with Crippen LogP contribution in [0, 0.1) is 0 Å². The summed E-state index contributed by atoms with van der Waals surface area (Å²) in [5.74, 6) is 0. The maximum atomic E-state index is 9.38. The molecule has 2 rings (SSSR count). The molecule has 2 heterocycles. The molecule has 1 atom stereocenters. The summed E-state index contributed by atoms with van der Waals surface area (Å²) >= 11 is 0. The molecule has 0 amide bonds. The highest BCUT2D eigenvalue weighted by Crippen LogP contribution is 2.16. The fourth-order valence-corrected chi connectivity index (χ4v) is 2.40. The predicted octanol–water partition coefficient (Wildman–Crippen LogP) is 0.195. The second-order valence-corrected chi connectivity index (χ2v) is 4.27. The minimum atomic E-state index is -0.0344. The number of nitrogens with one attached hydrogen (secondary N) is 1. The smallest absolute Gasteiger partial charge is 0.0564 e. The first-order valence-corrected chi connectivity index (χ1v) is 5.49. The molecule has 0 spiro atoms. The summed E-state index contributed by atoms with van der Waals surface area (Å²) in [5, 5.41) is 12.8. The summed E-state index contributed by atoms with van der Waals surface area (Å²) in [7, 11) is 0. The van der Waals surface area contributed by atoms with Crippen LogP contribution in [0.15, 0.2) is 0 Å². The van der Waals surface area contributed by atoms with Gasteiger partial charge in [-0.3, -0.25) is 4.90 Å². The third-order valence-corrected chi connectivity index (χ3v) is 3.29. The Hall–Kier alpha value is -0.120. The summed E-state index contributed by atoms with van der Waals surface area (Å²) in [6.45, 7) is 4.52. The maximum Gasteiger partial charge on any atom is 0.0564 e. The van der Waals surface area contributed by atoms with E-state index in [-0.39, 0.29) is 6.10 Å². The van der Waals surface area contributed by atoms with Crippen molar-refractivity contribution in [1.82, 2.24) is 10.2 Å². The van der Waals surface area contributed by atoms with Crippen molar-refractivity contribution in [1.29, 1.82) is 0 Å². The zero-order chi connectivity index (χ0) is 9.10. The lowest BCUT2D eigenvalue weighted by atomic mass is 10.0. The number of likely N-dealkylation sites (tertiary alicyclic amines) is 1. The van der Waals surface area contributed by atoms with Crippen LogP contribution in [-0.4, -0.2) is 48.3 Å². The zero-order valence-corrected chi connectivity index (χ0v) is 8.21. The highest BCUT2D eigenvalue weighted by Gasteiger charge is 2.24. The molecule has 0 unspecified atom stereocenters. The standard InChI is InChI=1S/C10H20N2O/c13-10-3-6-12(7-4-10)9-2-1-5-11-8-9/h9-11,13H,1-8H2/t9-/m0/s1. The van der Waals surface area contributed by atoms with Gasteiger partial charge in [0.15, 0.2) is 0 Å². The minimum absolute atomic E-state index is 0.0344. The van der Waals surface area contributed by atoms with Crippen molar-refractivity contribution < 1.29 is 5.11 Å². The van der Waals surface area contributed by atoms with Crippen LogP contribution in [0.5, 0.6) is 0 Å². The molecule has 0 aromatic rings. The normalized spacial score (nSPS) is 33.5. The van der Waals surface area contributed by atoms with E-state index in [1.54, 1.807) is 0 Å². The Bertz CT molecular complexity index is 149. The third kappa shape index (κ3) is 2.42. The second-order valence-electron chi connectivity index (χ2n) is 4.27. The minimum Gasteiger partial charge on any atom is -0.393 e. The first-order valence-electron chi connectivity index (χ1n) is 5.49.